The number of anilines is 1. The summed E-state index contributed by atoms with van der Waals surface area (Å²) in [5, 5.41) is 3.69. The highest BCUT2D eigenvalue weighted by atomic mass is 35.5. The van der Waals surface area contributed by atoms with Crippen LogP contribution in [0.25, 0.3) is 22.1 Å². The highest BCUT2D eigenvalue weighted by molar-refractivity contribution is 8.00. The van der Waals surface area contributed by atoms with Gasteiger partial charge in [-0.15, -0.1) is 0 Å². The molecular formula is C19H11ClF3N3O2S. The van der Waals surface area contributed by atoms with Crippen LogP contribution in [0.1, 0.15) is 5.56 Å². The van der Waals surface area contributed by atoms with Gasteiger partial charge in [0, 0.05) is 5.39 Å². The highest BCUT2D eigenvalue weighted by Gasteiger charge is 2.31. The number of halogens is 4. The molecule has 1 N–H and O–H groups in total. The fourth-order valence-corrected chi connectivity index (χ4v) is 3.62. The van der Waals surface area contributed by atoms with E-state index in [4.69, 9.17) is 16.0 Å². The van der Waals surface area contributed by atoms with Crippen LogP contribution in [0.3, 0.4) is 0 Å². The molecule has 29 heavy (non-hydrogen) atoms. The minimum Gasteiger partial charge on any atom is -0.451 e. The third-order valence-corrected chi connectivity index (χ3v) is 5.33. The molecule has 4 aromatic rings. The summed E-state index contributed by atoms with van der Waals surface area (Å²) in [5.74, 6) is -0.630. The maximum absolute atomic E-state index is 12.9. The fraction of sp³-hybridized carbons (Fsp3) is 0.105. The molecule has 0 spiro atoms. The molecule has 148 valence electrons. The maximum Gasteiger partial charge on any atom is 0.416 e. The molecule has 0 bridgehead atoms. The smallest absolute Gasteiger partial charge is 0.416 e. The first-order chi connectivity index (χ1) is 13.8. The van der Waals surface area contributed by atoms with Gasteiger partial charge in [0.05, 0.1) is 22.0 Å². The van der Waals surface area contributed by atoms with Crippen LogP contribution in [0.2, 0.25) is 5.02 Å². The van der Waals surface area contributed by atoms with Crippen molar-refractivity contribution in [2.75, 3.05) is 11.1 Å². The summed E-state index contributed by atoms with van der Waals surface area (Å²) in [7, 11) is 0. The molecule has 0 fully saturated rings. The highest BCUT2D eigenvalue weighted by Crippen LogP contribution is 2.35. The molecule has 0 radical (unpaired) electrons. The number of carbonyl (C=O) groups is 1. The Balaban J connectivity index is 1.52. The predicted octanol–water partition coefficient (Wildman–Crippen LogP) is 5.78. The van der Waals surface area contributed by atoms with Crippen LogP contribution in [-0.4, -0.2) is 21.6 Å². The number of hydrogen-bond donors (Lipinski definition) is 1. The molecule has 4 rings (SSSR count). The van der Waals surface area contributed by atoms with Crippen LogP contribution >= 0.6 is 23.4 Å². The Morgan fingerprint density at radius 1 is 1.17 bits per heavy atom. The van der Waals surface area contributed by atoms with Crippen LogP contribution in [-0.2, 0) is 11.0 Å². The maximum atomic E-state index is 12.9. The Hall–Kier alpha value is -2.78. The normalized spacial score (nSPS) is 11.9. The summed E-state index contributed by atoms with van der Waals surface area (Å²) >= 11 is 6.99. The molecule has 0 aliphatic carbocycles. The van der Waals surface area contributed by atoms with Crippen LogP contribution in [0.15, 0.2) is 58.2 Å². The number of nitrogens with zero attached hydrogens (tertiary/aromatic N) is 2. The largest absolute Gasteiger partial charge is 0.451 e. The fourth-order valence-electron chi connectivity index (χ4n) is 2.72. The number of thioether (sulfide) groups is 1. The van der Waals surface area contributed by atoms with E-state index >= 15 is 0 Å². The lowest BCUT2D eigenvalue weighted by Gasteiger charge is -2.11. The van der Waals surface area contributed by atoms with E-state index in [9.17, 15) is 18.0 Å². The number of benzene rings is 2. The Morgan fingerprint density at radius 3 is 2.76 bits per heavy atom. The average molecular weight is 438 g/mol. The minimum absolute atomic E-state index is 0.0121. The van der Waals surface area contributed by atoms with Gasteiger partial charge in [-0.1, -0.05) is 35.5 Å². The van der Waals surface area contributed by atoms with Crippen molar-refractivity contribution < 1.29 is 22.4 Å². The van der Waals surface area contributed by atoms with E-state index in [0.29, 0.717) is 21.7 Å². The Kier molecular flexibility index (Phi) is 5.10. The van der Waals surface area contributed by atoms with Crippen LogP contribution < -0.4 is 5.32 Å². The minimum atomic E-state index is -4.54. The number of fused-ring (bicyclic) bond motifs is 3. The van der Waals surface area contributed by atoms with Crippen LogP contribution in [0.4, 0.5) is 18.9 Å². The van der Waals surface area contributed by atoms with Gasteiger partial charge in [0.15, 0.2) is 5.58 Å². The molecule has 0 unspecified atom stereocenters. The first kappa shape index (κ1) is 19.5. The number of rotatable bonds is 4. The number of furan rings is 1. The summed E-state index contributed by atoms with van der Waals surface area (Å²) in [4.78, 5) is 20.6. The molecule has 2 aromatic heterocycles. The number of para-hydroxylation sites is 1. The number of alkyl halides is 3. The second-order valence-electron chi connectivity index (χ2n) is 5.98. The van der Waals surface area contributed by atoms with Crippen LogP contribution in [0, 0.1) is 0 Å². The number of aromatic nitrogens is 2. The van der Waals surface area contributed by atoms with Gasteiger partial charge in [-0.05, 0) is 30.3 Å². The molecule has 1 amide bonds. The van der Waals surface area contributed by atoms with Gasteiger partial charge in [0.25, 0.3) is 0 Å². The SMILES string of the molecule is O=C(CSc1ncnc2c1oc1ccccc12)Nc1cc(C(F)(F)F)ccc1Cl. The van der Waals surface area contributed by atoms with Crippen molar-refractivity contribution in [2.24, 2.45) is 0 Å². The summed E-state index contributed by atoms with van der Waals surface area (Å²) in [6.45, 7) is 0. The lowest BCUT2D eigenvalue weighted by atomic mass is 10.2. The monoisotopic (exact) mass is 437 g/mol. The third kappa shape index (κ3) is 4.01. The Morgan fingerprint density at radius 2 is 1.97 bits per heavy atom. The van der Waals surface area contributed by atoms with Crippen molar-refractivity contribution in [2.45, 2.75) is 11.2 Å². The van der Waals surface area contributed by atoms with Crippen molar-refractivity contribution in [1.82, 2.24) is 9.97 Å². The van der Waals surface area contributed by atoms with Crippen LogP contribution in [0.5, 0.6) is 0 Å². The zero-order chi connectivity index (χ0) is 20.6. The number of carbonyl (C=O) groups excluding carboxylic acids is 1. The van der Waals surface area contributed by atoms with Gasteiger partial charge in [-0.2, -0.15) is 13.2 Å². The van der Waals surface area contributed by atoms with Gasteiger partial charge < -0.3 is 9.73 Å². The number of amides is 1. The van der Waals surface area contributed by atoms with Crippen molar-refractivity contribution >= 4 is 57.0 Å². The first-order valence-electron chi connectivity index (χ1n) is 8.24. The Bertz CT molecular complexity index is 1230. The summed E-state index contributed by atoms with van der Waals surface area (Å²) in [6.07, 6.45) is -3.17. The first-order valence-corrected chi connectivity index (χ1v) is 9.61. The van der Waals surface area contributed by atoms with Crippen molar-refractivity contribution in [3.63, 3.8) is 0 Å². The van der Waals surface area contributed by atoms with Gasteiger partial charge in [-0.3, -0.25) is 4.79 Å². The summed E-state index contributed by atoms with van der Waals surface area (Å²) in [5.41, 5.74) is 0.710. The van der Waals surface area contributed by atoms with Gasteiger partial charge >= 0.3 is 6.18 Å². The van der Waals surface area contributed by atoms with Crippen molar-refractivity contribution in [3.05, 3.63) is 59.4 Å². The zero-order valence-corrected chi connectivity index (χ0v) is 16.0. The second kappa shape index (κ2) is 7.57. The molecule has 2 heterocycles. The van der Waals surface area contributed by atoms with Crippen molar-refractivity contribution in [1.29, 1.82) is 0 Å². The van der Waals surface area contributed by atoms with Gasteiger partial charge in [0.2, 0.25) is 5.91 Å². The third-order valence-electron chi connectivity index (χ3n) is 4.03. The van der Waals surface area contributed by atoms with E-state index in [1.54, 1.807) is 6.07 Å². The van der Waals surface area contributed by atoms with E-state index in [0.717, 1.165) is 35.3 Å². The lowest BCUT2D eigenvalue weighted by Crippen LogP contribution is -2.15. The Labute approximate surface area is 171 Å². The summed E-state index contributed by atoms with van der Waals surface area (Å²) in [6, 6.07) is 10.1. The molecule has 0 saturated carbocycles. The number of nitrogens with one attached hydrogen (secondary N) is 1. The van der Waals surface area contributed by atoms with E-state index in [2.05, 4.69) is 15.3 Å². The van der Waals surface area contributed by atoms with Gasteiger partial charge in [0.1, 0.15) is 22.5 Å². The molecule has 2 aromatic carbocycles. The standard InChI is InChI=1S/C19H11ClF3N3O2S/c20-12-6-5-10(19(21,22)23)7-13(12)26-15(27)8-29-18-17-16(24-9-25-18)11-3-1-2-4-14(11)28-17/h1-7,9H,8H2,(H,26,27). The van der Waals surface area contributed by atoms with Gasteiger partial charge in [-0.25, -0.2) is 9.97 Å². The quantitative estimate of drug-likeness (QED) is 0.324. The molecule has 0 aliphatic heterocycles. The predicted molar refractivity (Wildman–Crippen MR) is 105 cm³/mol. The van der Waals surface area contributed by atoms with E-state index in [1.165, 1.54) is 6.33 Å². The van der Waals surface area contributed by atoms with Crippen molar-refractivity contribution in [3.8, 4) is 0 Å². The topological polar surface area (TPSA) is 68.0 Å². The zero-order valence-electron chi connectivity index (χ0n) is 14.5. The molecule has 5 nitrogen and oxygen atoms in total. The lowest BCUT2D eigenvalue weighted by molar-refractivity contribution is -0.137. The van der Waals surface area contributed by atoms with E-state index < -0.39 is 17.6 Å². The number of hydrogen-bond acceptors (Lipinski definition) is 5. The molecular weight excluding hydrogens is 427 g/mol. The summed E-state index contributed by atoms with van der Waals surface area (Å²) < 4.78 is 44.4. The molecule has 0 aliphatic rings. The molecule has 10 heteroatoms. The second-order valence-corrected chi connectivity index (χ2v) is 7.36. The van der Waals surface area contributed by atoms with E-state index in [-0.39, 0.29) is 16.5 Å². The molecule has 0 saturated heterocycles. The van der Waals surface area contributed by atoms with E-state index in [1.807, 2.05) is 18.2 Å². The molecule has 0 atom stereocenters. The average Bonchev–Trinajstić information content (AvgIpc) is 3.06.